The zero-order valence-electron chi connectivity index (χ0n) is 15.4. The fourth-order valence-corrected chi connectivity index (χ4v) is 2.96. The van der Waals surface area contributed by atoms with Crippen molar-refractivity contribution in [1.82, 2.24) is 9.78 Å². The van der Waals surface area contributed by atoms with Crippen molar-refractivity contribution in [1.29, 1.82) is 0 Å². The van der Waals surface area contributed by atoms with E-state index in [2.05, 4.69) is 10.1 Å². The predicted octanol–water partition coefficient (Wildman–Crippen LogP) is 3.86. The van der Waals surface area contributed by atoms with Crippen LogP contribution in [0, 0.1) is 6.92 Å². The van der Waals surface area contributed by atoms with E-state index in [0.29, 0.717) is 11.3 Å². The SMILES string of the molecule is CC(=O)n1cc(/C=C2/N=C(c3ccccc3C)OC2=O)c(-c2ccccc2)n1. The first-order valence-corrected chi connectivity index (χ1v) is 8.77. The van der Waals surface area contributed by atoms with Gasteiger partial charge in [-0.2, -0.15) is 5.10 Å². The van der Waals surface area contributed by atoms with Crippen molar-refractivity contribution in [2.24, 2.45) is 4.99 Å². The van der Waals surface area contributed by atoms with E-state index in [1.807, 2.05) is 61.5 Å². The molecule has 2 heterocycles. The lowest BCUT2D eigenvalue weighted by atomic mass is 10.1. The molecule has 0 aliphatic carbocycles. The molecule has 1 aromatic heterocycles. The van der Waals surface area contributed by atoms with Gasteiger partial charge in [0.2, 0.25) is 11.8 Å². The number of esters is 1. The third-order valence-corrected chi connectivity index (χ3v) is 4.40. The summed E-state index contributed by atoms with van der Waals surface area (Å²) < 4.78 is 6.61. The van der Waals surface area contributed by atoms with Crippen LogP contribution in [-0.2, 0) is 9.53 Å². The second-order valence-corrected chi connectivity index (χ2v) is 6.41. The predicted molar refractivity (Wildman–Crippen MR) is 106 cm³/mol. The van der Waals surface area contributed by atoms with Crippen LogP contribution in [0.3, 0.4) is 0 Å². The first-order valence-electron chi connectivity index (χ1n) is 8.77. The molecule has 138 valence electrons. The van der Waals surface area contributed by atoms with Gasteiger partial charge in [0, 0.05) is 29.8 Å². The number of carbonyl (C=O) groups excluding carboxylic acids is 2. The molecule has 6 heteroatoms. The number of aromatic nitrogens is 2. The maximum absolute atomic E-state index is 12.4. The first-order chi connectivity index (χ1) is 13.5. The molecule has 0 saturated heterocycles. The summed E-state index contributed by atoms with van der Waals surface area (Å²) in [6, 6.07) is 17.0. The van der Waals surface area contributed by atoms with Gasteiger partial charge in [-0.25, -0.2) is 14.5 Å². The van der Waals surface area contributed by atoms with Crippen molar-refractivity contribution in [3.8, 4) is 11.3 Å². The topological polar surface area (TPSA) is 73.6 Å². The van der Waals surface area contributed by atoms with Crippen LogP contribution >= 0.6 is 0 Å². The Morgan fingerprint density at radius 1 is 1.07 bits per heavy atom. The number of cyclic esters (lactones) is 1. The molecule has 0 bridgehead atoms. The van der Waals surface area contributed by atoms with Gasteiger partial charge in [-0.3, -0.25) is 4.79 Å². The average Bonchev–Trinajstić information content (AvgIpc) is 3.27. The summed E-state index contributed by atoms with van der Waals surface area (Å²) in [6.45, 7) is 3.36. The highest BCUT2D eigenvalue weighted by Crippen LogP contribution is 2.27. The highest BCUT2D eigenvalue weighted by atomic mass is 16.6. The van der Waals surface area contributed by atoms with Gasteiger partial charge in [0.15, 0.2) is 5.70 Å². The molecule has 6 nitrogen and oxygen atoms in total. The van der Waals surface area contributed by atoms with E-state index >= 15 is 0 Å². The molecule has 3 aromatic rings. The Balaban J connectivity index is 1.79. The fraction of sp³-hybridized carbons (Fsp3) is 0.0909. The Bertz CT molecular complexity index is 1140. The molecule has 2 aromatic carbocycles. The lowest BCUT2D eigenvalue weighted by Crippen LogP contribution is -2.06. The molecular formula is C22H17N3O3. The second kappa shape index (κ2) is 7.08. The number of rotatable bonds is 3. The number of hydrogen-bond acceptors (Lipinski definition) is 5. The first kappa shape index (κ1) is 17.6. The molecule has 0 amide bonds. The van der Waals surface area contributed by atoms with E-state index in [-0.39, 0.29) is 17.5 Å². The summed E-state index contributed by atoms with van der Waals surface area (Å²) in [5.41, 5.74) is 3.94. The molecule has 0 spiro atoms. The summed E-state index contributed by atoms with van der Waals surface area (Å²) >= 11 is 0. The third kappa shape index (κ3) is 3.27. The number of ether oxygens (including phenoxy) is 1. The number of aryl methyl sites for hydroxylation is 1. The van der Waals surface area contributed by atoms with Crippen molar-refractivity contribution in [2.45, 2.75) is 13.8 Å². The Kier molecular flexibility index (Phi) is 4.45. The molecule has 1 aliphatic rings. The second-order valence-electron chi connectivity index (χ2n) is 6.41. The normalized spacial score (nSPS) is 14.9. The molecular weight excluding hydrogens is 354 g/mol. The fourth-order valence-electron chi connectivity index (χ4n) is 2.96. The van der Waals surface area contributed by atoms with E-state index < -0.39 is 5.97 Å². The molecule has 0 N–H and O–H groups in total. The summed E-state index contributed by atoms with van der Waals surface area (Å²) in [4.78, 5) is 28.5. The number of benzene rings is 2. The van der Waals surface area contributed by atoms with E-state index in [1.165, 1.54) is 11.6 Å². The van der Waals surface area contributed by atoms with Crippen molar-refractivity contribution in [2.75, 3.05) is 0 Å². The minimum Gasteiger partial charge on any atom is -0.402 e. The number of nitrogens with zero attached hydrogens (tertiary/aromatic N) is 3. The zero-order valence-corrected chi connectivity index (χ0v) is 15.4. The van der Waals surface area contributed by atoms with Crippen molar-refractivity contribution >= 4 is 23.9 Å². The van der Waals surface area contributed by atoms with Crippen LogP contribution in [0.25, 0.3) is 17.3 Å². The molecule has 28 heavy (non-hydrogen) atoms. The molecule has 0 atom stereocenters. The quantitative estimate of drug-likeness (QED) is 0.518. The monoisotopic (exact) mass is 371 g/mol. The van der Waals surface area contributed by atoms with Crippen LogP contribution in [-0.4, -0.2) is 27.6 Å². The van der Waals surface area contributed by atoms with E-state index in [9.17, 15) is 9.59 Å². The third-order valence-electron chi connectivity index (χ3n) is 4.40. The van der Waals surface area contributed by atoms with Crippen LogP contribution in [0.5, 0.6) is 0 Å². The average molecular weight is 371 g/mol. The summed E-state index contributed by atoms with van der Waals surface area (Å²) in [5.74, 6) is -0.484. The van der Waals surface area contributed by atoms with E-state index in [0.717, 1.165) is 16.7 Å². The molecule has 0 fully saturated rings. The number of hydrogen-bond donors (Lipinski definition) is 0. The minimum absolute atomic E-state index is 0.165. The summed E-state index contributed by atoms with van der Waals surface area (Å²) in [7, 11) is 0. The van der Waals surface area contributed by atoms with Crippen LogP contribution in [0.15, 0.2) is 71.5 Å². The molecule has 0 saturated carbocycles. The largest absolute Gasteiger partial charge is 0.402 e. The van der Waals surface area contributed by atoms with Gasteiger partial charge in [0.25, 0.3) is 0 Å². The highest BCUT2D eigenvalue weighted by Gasteiger charge is 2.26. The van der Waals surface area contributed by atoms with Gasteiger partial charge < -0.3 is 4.74 Å². The lowest BCUT2D eigenvalue weighted by molar-refractivity contribution is -0.129. The standard InChI is InChI=1S/C22H17N3O3/c1-14-8-6-7-11-18(14)21-23-19(22(27)28-21)12-17-13-25(15(2)26)24-20(17)16-9-4-3-5-10-16/h3-13H,1-2H3/b19-12+. The van der Waals surface area contributed by atoms with Gasteiger partial charge in [-0.15, -0.1) is 0 Å². The number of carbonyl (C=O) groups is 2. The van der Waals surface area contributed by atoms with Gasteiger partial charge >= 0.3 is 5.97 Å². The maximum Gasteiger partial charge on any atom is 0.363 e. The zero-order chi connectivity index (χ0) is 19.7. The lowest BCUT2D eigenvalue weighted by Gasteiger charge is -2.02. The molecule has 4 rings (SSSR count). The Morgan fingerprint density at radius 3 is 2.50 bits per heavy atom. The Hall–Kier alpha value is -3.80. The van der Waals surface area contributed by atoms with Crippen molar-refractivity contribution < 1.29 is 14.3 Å². The Morgan fingerprint density at radius 2 is 1.79 bits per heavy atom. The minimum atomic E-state index is -0.534. The van der Waals surface area contributed by atoms with E-state index in [4.69, 9.17) is 4.74 Å². The van der Waals surface area contributed by atoms with Crippen molar-refractivity contribution in [3.63, 3.8) is 0 Å². The Labute approximate surface area is 161 Å². The molecule has 1 aliphatic heterocycles. The summed E-state index contributed by atoms with van der Waals surface area (Å²) in [5, 5.41) is 4.36. The van der Waals surface area contributed by atoms with Gasteiger partial charge in [0.05, 0.1) is 0 Å². The van der Waals surface area contributed by atoms with Crippen LogP contribution in [0.1, 0.15) is 28.4 Å². The highest BCUT2D eigenvalue weighted by molar-refractivity contribution is 6.13. The van der Waals surface area contributed by atoms with Crippen LogP contribution in [0.4, 0.5) is 0 Å². The number of aliphatic imine (C=N–C) groups is 1. The molecule has 0 radical (unpaired) electrons. The summed E-state index contributed by atoms with van der Waals surface area (Å²) in [6.07, 6.45) is 3.19. The maximum atomic E-state index is 12.4. The van der Waals surface area contributed by atoms with Gasteiger partial charge in [-0.1, -0.05) is 48.5 Å². The van der Waals surface area contributed by atoms with Gasteiger partial charge in [-0.05, 0) is 24.6 Å². The van der Waals surface area contributed by atoms with Gasteiger partial charge in [0.1, 0.15) is 5.69 Å². The smallest absolute Gasteiger partial charge is 0.363 e. The molecule has 0 unspecified atom stereocenters. The van der Waals surface area contributed by atoms with Crippen LogP contribution < -0.4 is 0 Å². The van der Waals surface area contributed by atoms with E-state index in [1.54, 1.807) is 12.3 Å². The van der Waals surface area contributed by atoms with Crippen LogP contribution in [0.2, 0.25) is 0 Å². The van der Waals surface area contributed by atoms with Crippen molar-refractivity contribution in [3.05, 3.63) is 83.2 Å².